The molecule has 0 bridgehead atoms. The molecule has 0 saturated carbocycles. The zero-order valence-electron chi connectivity index (χ0n) is 16.6. The van der Waals surface area contributed by atoms with E-state index in [0.29, 0.717) is 31.8 Å². The Morgan fingerprint density at radius 1 is 0.935 bits per heavy atom. The van der Waals surface area contributed by atoms with Crippen LogP contribution in [0.1, 0.15) is 28.4 Å². The van der Waals surface area contributed by atoms with E-state index in [1.54, 1.807) is 12.1 Å². The van der Waals surface area contributed by atoms with Gasteiger partial charge in [-0.1, -0.05) is 70.2 Å². The van der Waals surface area contributed by atoms with Gasteiger partial charge >= 0.3 is 0 Å². The average Bonchev–Trinajstić information content (AvgIpc) is 3.04. The van der Waals surface area contributed by atoms with Crippen molar-refractivity contribution in [3.05, 3.63) is 97.2 Å². The summed E-state index contributed by atoms with van der Waals surface area (Å²) in [6.07, 6.45) is 3.50. The Labute approximate surface area is 200 Å². The molecule has 1 aromatic heterocycles. The number of fused-ring (bicyclic) bond motifs is 2. The molecule has 0 spiro atoms. The van der Waals surface area contributed by atoms with Crippen LogP contribution in [0.2, 0.25) is 10.0 Å². The molecule has 1 unspecified atom stereocenters. The predicted molar refractivity (Wildman–Crippen MR) is 128 cm³/mol. The fourth-order valence-electron chi connectivity index (χ4n) is 3.94. The zero-order valence-corrected chi connectivity index (χ0v) is 19.6. The summed E-state index contributed by atoms with van der Waals surface area (Å²) in [7, 11) is 0. The van der Waals surface area contributed by atoms with Gasteiger partial charge in [0.25, 0.3) is 0 Å². The van der Waals surface area contributed by atoms with Gasteiger partial charge in [0.2, 0.25) is 0 Å². The number of nitrogens with zero attached hydrogens (tertiary/aromatic N) is 4. The van der Waals surface area contributed by atoms with E-state index < -0.39 is 0 Å². The lowest BCUT2D eigenvalue weighted by atomic mass is 9.94. The zero-order chi connectivity index (χ0) is 21.9. The molecule has 0 saturated heterocycles. The summed E-state index contributed by atoms with van der Waals surface area (Å²) in [5.41, 5.74) is 4.71. The van der Waals surface area contributed by atoms with Crippen molar-refractivity contribution in [2.75, 3.05) is 0 Å². The Bertz CT molecular complexity index is 1300. The van der Waals surface area contributed by atoms with Gasteiger partial charge < -0.3 is 4.90 Å². The summed E-state index contributed by atoms with van der Waals surface area (Å²) < 4.78 is 1.84. The number of rotatable bonds is 2. The highest BCUT2D eigenvalue weighted by Crippen LogP contribution is 2.47. The third-order valence-corrected chi connectivity index (χ3v) is 6.41. The molecule has 3 aromatic rings. The van der Waals surface area contributed by atoms with Gasteiger partial charge in [-0.25, -0.2) is 9.67 Å². The molecule has 0 amide bonds. The number of hydrogen-bond acceptors (Lipinski definition) is 3. The molecule has 31 heavy (non-hydrogen) atoms. The van der Waals surface area contributed by atoms with Gasteiger partial charge in [-0.2, -0.15) is 5.10 Å². The molecular formula is C23H16Cl4N4. The summed E-state index contributed by atoms with van der Waals surface area (Å²) in [5, 5.41) is 6.88. The molecule has 8 heteroatoms. The summed E-state index contributed by atoms with van der Waals surface area (Å²) in [6, 6.07) is 13.3. The number of aryl methyl sites for hydroxylation is 2. The maximum Gasteiger partial charge on any atom is 0.164 e. The van der Waals surface area contributed by atoms with Gasteiger partial charge in [-0.15, -0.1) is 0 Å². The van der Waals surface area contributed by atoms with Crippen LogP contribution in [0.5, 0.6) is 0 Å². The van der Waals surface area contributed by atoms with Crippen molar-refractivity contribution in [3.8, 4) is 5.69 Å². The van der Waals surface area contributed by atoms with E-state index in [9.17, 15) is 0 Å². The first-order chi connectivity index (χ1) is 14.8. The summed E-state index contributed by atoms with van der Waals surface area (Å²) in [6.45, 7) is 4.01. The molecule has 0 aliphatic carbocycles. The second-order valence-electron chi connectivity index (χ2n) is 7.49. The lowest BCUT2D eigenvalue weighted by Gasteiger charge is -2.37. The van der Waals surface area contributed by atoms with Crippen LogP contribution in [0.3, 0.4) is 0 Å². The van der Waals surface area contributed by atoms with Gasteiger partial charge in [0.1, 0.15) is 0 Å². The highest BCUT2D eigenvalue weighted by molar-refractivity contribution is 6.45. The van der Waals surface area contributed by atoms with Gasteiger partial charge in [0, 0.05) is 21.8 Å². The molecule has 0 N–H and O–H groups in total. The maximum absolute atomic E-state index is 6.65. The van der Waals surface area contributed by atoms with E-state index in [4.69, 9.17) is 56.5 Å². The predicted octanol–water partition coefficient (Wildman–Crippen LogP) is 7.45. The normalized spacial score (nSPS) is 17.5. The molecule has 156 valence electrons. The monoisotopic (exact) mass is 488 g/mol. The number of allylic oxidation sites excluding steroid dienone is 2. The highest BCUT2D eigenvalue weighted by Gasteiger charge is 2.38. The topological polar surface area (TPSA) is 33.4 Å². The molecule has 2 aliphatic rings. The van der Waals surface area contributed by atoms with E-state index >= 15 is 0 Å². The van der Waals surface area contributed by atoms with Gasteiger partial charge in [0.05, 0.1) is 27.5 Å². The lowest BCUT2D eigenvalue weighted by Crippen LogP contribution is -2.36. The third kappa shape index (κ3) is 3.48. The Morgan fingerprint density at radius 2 is 1.68 bits per heavy atom. The van der Waals surface area contributed by atoms with E-state index in [0.717, 1.165) is 22.5 Å². The van der Waals surface area contributed by atoms with Crippen molar-refractivity contribution >= 4 is 58.1 Å². The van der Waals surface area contributed by atoms with E-state index in [-0.39, 0.29) is 6.04 Å². The number of amidine groups is 1. The Balaban J connectivity index is 1.79. The average molecular weight is 490 g/mol. The SMILES string of the molecule is Cc1ccc(-n2nc(C)c3c2N=C2C(Cl)=CC(Cl)=CN2C3c2ccc(Cl)cc2Cl)cc1. The minimum absolute atomic E-state index is 0.317. The fourth-order valence-corrected chi connectivity index (χ4v) is 4.98. The van der Waals surface area contributed by atoms with Crippen molar-refractivity contribution in [1.29, 1.82) is 0 Å². The minimum atomic E-state index is -0.317. The van der Waals surface area contributed by atoms with Crippen LogP contribution in [0.4, 0.5) is 5.82 Å². The van der Waals surface area contributed by atoms with Crippen LogP contribution in [0.25, 0.3) is 5.69 Å². The van der Waals surface area contributed by atoms with Crippen molar-refractivity contribution in [1.82, 2.24) is 14.7 Å². The fraction of sp³-hybridized carbons (Fsp3) is 0.130. The maximum atomic E-state index is 6.65. The van der Waals surface area contributed by atoms with Crippen LogP contribution in [0.15, 0.2) is 69.8 Å². The van der Waals surface area contributed by atoms with E-state index in [1.807, 2.05) is 66.0 Å². The molecule has 5 rings (SSSR count). The standard InChI is InChI=1S/C23H16Cl4N4/c1-12-3-6-16(7-4-12)31-23-20(13(2)29-31)21(17-8-5-14(24)9-18(17)26)30-11-15(25)10-19(27)22(30)28-23/h3-11,21H,1-2H3. The number of halogens is 4. The van der Waals surface area contributed by atoms with Crippen LogP contribution in [0, 0.1) is 13.8 Å². The second-order valence-corrected chi connectivity index (χ2v) is 9.17. The molecule has 2 aliphatic heterocycles. The van der Waals surface area contributed by atoms with Crippen LogP contribution < -0.4 is 0 Å². The van der Waals surface area contributed by atoms with Crippen molar-refractivity contribution in [3.63, 3.8) is 0 Å². The second kappa shape index (κ2) is 7.72. The largest absolute Gasteiger partial charge is 0.318 e. The smallest absolute Gasteiger partial charge is 0.164 e. The molecular weight excluding hydrogens is 474 g/mol. The van der Waals surface area contributed by atoms with Gasteiger partial charge in [-0.05, 0) is 49.8 Å². The molecule has 3 heterocycles. The summed E-state index contributed by atoms with van der Waals surface area (Å²) in [4.78, 5) is 6.84. The van der Waals surface area contributed by atoms with Crippen molar-refractivity contribution < 1.29 is 0 Å². The van der Waals surface area contributed by atoms with Crippen molar-refractivity contribution in [2.45, 2.75) is 19.9 Å². The third-order valence-electron chi connectivity index (χ3n) is 5.37. The van der Waals surface area contributed by atoms with Crippen LogP contribution in [-0.2, 0) is 0 Å². The lowest BCUT2D eigenvalue weighted by molar-refractivity contribution is 0.460. The molecule has 2 aromatic carbocycles. The van der Waals surface area contributed by atoms with Crippen LogP contribution >= 0.6 is 46.4 Å². The van der Waals surface area contributed by atoms with Crippen LogP contribution in [-0.4, -0.2) is 20.5 Å². The molecule has 4 nitrogen and oxygen atoms in total. The van der Waals surface area contributed by atoms with E-state index in [2.05, 4.69) is 0 Å². The van der Waals surface area contributed by atoms with Gasteiger partial charge in [0.15, 0.2) is 11.7 Å². The molecule has 0 fully saturated rings. The van der Waals surface area contributed by atoms with E-state index in [1.165, 1.54) is 5.56 Å². The Morgan fingerprint density at radius 3 is 2.39 bits per heavy atom. The quantitative estimate of drug-likeness (QED) is 0.374. The minimum Gasteiger partial charge on any atom is -0.318 e. The first kappa shape index (κ1) is 20.7. The first-order valence-corrected chi connectivity index (χ1v) is 11.1. The highest BCUT2D eigenvalue weighted by atomic mass is 35.5. The number of aromatic nitrogens is 2. The number of benzene rings is 2. The number of aliphatic imine (C=N–C) groups is 1. The Kier molecular flexibility index (Phi) is 5.14. The molecule has 0 radical (unpaired) electrons. The molecule has 1 atom stereocenters. The summed E-state index contributed by atoms with van der Waals surface area (Å²) >= 11 is 25.7. The first-order valence-electron chi connectivity index (χ1n) is 9.57. The van der Waals surface area contributed by atoms with Gasteiger partial charge in [-0.3, -0.25) is 0 Å². The Hall–Kier alpha value is -2.24. The van der Waals surface area contributed by atoms with Crippen molar-refractivity contribution in [2.24, 2.45) is 4.99 Å². The number of hydrogen-bond donors (Lipinski definition) is 0. The summed E-state index contributed by atoms with van der Waals surface area (Å²) in [5.74, 6) is 1.30.